The van der Waals surface area contributed by atoms with E-state index in [1.165, 1.54) is 5.56 Å². The summed E-state index contributed by atoms with van der Waals surface area (Å²) in [6.07, 6.45) is -0.215. The van der Waals surface area contributed by atoms with E-state index in [0.717, 1.165) is 18.7 Å². The Balaban J connectivity index is 1.91. The molecule has 31 heavy (non-hydrogen) atoms. The number of anilines is 1. The minimum atomic E-state index is -0.551. The van der Waals surface area contributed by atoms with Crippen molar-refractivity contribution in [3.8, 4) is 0 Å². The number of amides is 2. The molecule has 2 aromatic carbocycles. The Kier molecular flexibility index (Phi) is 9.06. The molecule has 6 nitrogen and oxygen atoms in total. The highest BCUT2D eigenvalue weighted by Crippen LogP contribution is 2.19. The van der Waals surface area contributed by atoms with Gasteiger partial charge in [0.1, 0.15) is 5.60 Å². The Morgan fingerprint density at radius 3 is 2.13 bits per heavy atom. The van der Waals surface area contributed by atoms with Gasteiger partial charge in [-0.3, -0.25) is 15.0 Å². The van der Waals surface area contributed by atoms with Crippen molar-refractivity contribution in [1.82, 2.24) is 10.2 Å². The van der Waals surface area contributed by atoms with Crippen molar-refractivity contribution in [3.63, 3.8) is 0 Å². The molecule has 6 heteroatoms. The van der Waals surface area contributed by atoms with E-state index in [-0.39, 0.29) is 18.4 Å². The van der Waals surface area contributed by atoms with Crippen LogP contribution in [0.2, 0.25) is 0 Å². The number of benzene rings is 2. The summed E-state index contributed by atoms with van der Waals surface area (Å²) >= 11 is 0. The van der Waals surface area contributed by atoms with Gasteiger partial charge in [-0.05, 0) is 57.1 Å². The molecule has 0 aliphatic rings. The van der Waals surface area contributed by atoms with Crippen molar-refractivity contribution in [1.29, 1.82) is 0 Å². The predicted molar refractivity (Wildman–Crippen MR) is 125 cm³/mol. The summed E-state index contributed by atoms with van der Waals surface area (Å²) < 4.78 is 5.25. The third kappa shape index (κ3) is 8.42. The van der Waals surface area contributed by atoms with Gasteiger partial charge < -0.3 is 10.1 Å². The van der Waals surface area contributed by atoms with Gasteiger partial charge in [0.05, 0.1) is 12.5 Å². The van der Waals surface area contributed by atoms with Gasteiger partial charge >= 0.3 is 6.09 Å². The fourth-order valence-corrected chi connectivity index (χ4v) is 3.38. The van der Waals surface area contributed by atoms with Crippen molar-refractivity contribution in [3.05, 3.63) is 65.7 Å². The average Bonchev–Trinajstić information content (AvgIpc) is 2.72. The van der Waals surface area contributed by atoms with Crippen LogP contribution in [0, 0.1) is 0 Å². The first-order valence-corrected chi connectivity index (χ1v) is 10.9. The molecule has 0 aliphatic heterocycles. The van der Waals surface area contributed by atoms with Crippen LogP contribution in [0.4, 0.5) is 10.5 Å². The van der Waals surface area contributed by atoms with Crippen LogP contribution in [0.5, 0.6) is 0 Å². The van der Waals surface area contributed by atoms with E-state index in [2.05, 4.69) is 41.5 Å². The van der Waals surface area contributed by atoms with Crippen LogP contribution in [-0.4, -0.2) is 42.1 Å². The van der Waals surface area contributed by atoms with E-state index in [4.69, 9.17) is 4.74 Å². The standard InChI is InChI=1S/C25H35N3O3/c1-6-28(7-2)22(20-11-9-8-10-12-20)18-26-23(29)17-19-13-15-21(16-14-19)27-24(30)31-25(3,4)5/h8-16,22H,6-7,17-18H2,1-5H3,(H,26,29)(H,27,30). The number of ether oxygens (including phenoxy) is 1. The highest BCUT2D eigenvalue weighted by molar-refractivity contribution is 5.85. The van der Waals surface area contributed by atoms with Gasteiger partial charge in [-0.25, -0.2) is 4.79 Å². The Labute approximate surface area is 186 Å². The van der Waals surface area contributed by atoms with Gasteiger partial charge in [0.15, 0.2) is 0 Å². The first kappa shape index (κ1) is 24.4. The lowest BCUT2D eigenvalue weighted by molar-refractivity contribution is -0.120. The van der Waals surface area contributed by atoms with Crippen LogP contribution in [-0.2, 0) is 16.0 Å². The van der Waals surface area contributed by atoms with Crippen LogP contribution in [0.25, 0.3) is 0 Å². The number of hydrogen-bond acceptors (Lipinski definition) is 4. The molecule has 2 amide bonds. The van der Waals surface area contributed by atoms with Crippen molar-refractivity contribution in [2.75, 3.05) is 25.0 Å². The van der Waals surface area contributed by atoms with Gasteiger partial charge in [0.2, 0.25) is 5.91 Å². The van der Waals surface area contributed by atoms with Crippen LogP contribution >= 0.6 is 0 Å². The zero-order valence-corrected chi connectivity index (χ0v) is 19.3. The maximum Gasteiger partial charge on any atom is 0.412 e. The summed E-state index contributed by atoms with van der Waals surface area (Å²) in [6, 6.07) is 17.6. The molecule has 2 rings (SSSR count). The van der Waals surface area contributed by atoms with Gasteiger partial charge in [0.25, 0.3) is 0 Å². The van der Waals surface area contributed by atoms with E-state index in [1.807, 2.05) is 51.1 Å². The lowest BCUT2D eigenvalue weighted by atomic mass is 10.0. The Morgan fingerprint density at radius 1 is 0.968 bits per heavy atom. The predicted octanol–water partition coefficient (Wildman–Crippen LogP) is 4.78. The van der Waals surface area contributed by atoms with Gasteiger partial charge in [-0.1, -0.05) is 56.3 Å². The minimum Gasteiger partial charge on any atom is -0.444 e. The highest BCUT2D eigenvalue weighted by atomic mass is 16.6. The summed E-state index contributed by atoms with van der Waals surface area (Å²) in [6.45, 7) is 12.1. The SMILES string of the molecule is CCN(CC)C(CNC(=O)Cc1ccc(NC(=O)OC(C)(C)C)cc1)c1ccccc1. The quantitative estimate of drug-likeness (QED) is 0.607. The Bertz CT molecular complexity index is 825. The van der Waals surface area contributed by atoms with Crippen molar-refractivity contribution in [2.45, 2.75) is 52.7 Å². The molecule has 1 atom stereocenters. The number of rotatable bonds is 9. The molecule has 0 saturated carbocycles. The Morgan fingerprint density at radius 2 is 1.58 bits per heavy atom. The molecule has 0 spiro atoms. The van der Waals surface area contributed by atoms with E-state index < -0.39 is 11.7 Å². The smallest absolute Gasteiger partial charge is 0.412 e. The molecule has 0 radical (unpaired) electrons. The molecule has 0 saturated heterocycles. The van der Waals surface area contributed by atoms with Crippen LogP contribution in [0.1, 0.15) is 51.8 Å². The number of nitrogens with zero attached hydrogens (tertiary/aromatic N) is 1. The average molecular weight is 426 g/mol. The van der Waals surface area contributed by atoms with E-state index in [9.17, 15) is 9.59 Å². The van der Waals surface area contributed by atoms with Crippen molar-refractivity contribution in [2.24, 2.45) is 0 Å². The van der Waals surface area contributed by atoms with Crippen molar-refractivity contribution >= 4 is 17.7 Å². The summed E-state index contributed by atoms with van der Waals surface area (Å²) in [7, 11) is 0. The van der Waals surface area contributed by atoms with E-state index in [1.54, 1.807) is 12.1 Å². The summed E-state index contributed by atoms with van der Waals surface area (Å²) in [5.74, 6) is -0.0269. The van der Waals surface area contributed by atoms with Gasteiger partial charge in [-0.15, -0.1) is 0 Å². The largest absolute Gasteiger partial charge is 0.444 e. The molecule has 2 aromatic rings. The zero-order chi connectivity index (χ0) is 22.9. The number of carbonyl (C=O) groups excluding carboxylic acids is 2. The lowest BCUT2D eigenvalue weighted by Crippen LogP contribution is -2.38. The number of nitrogens with one attached hydrogen (secondary N) is 2. The maximum atomic E-state index is 12.5. The number of carbonyl (C=O) groups is 2. The number of likely N-dealkylation sites (N-methyl/N-ethyl adjacent to an activating group) is 1. The molecule has 2 N–H and O–H groups in total. The fourth-order valence-electron chi connectivity index (χ4n) is 3.38. The second-order valence-corrected chi connectivity index (χ2v) is 8.45. The molecule has 0 bridgehead atoms. The van der Waals surface area contributed by atoms with E-state index in [0.29, 0.717) is 12.2 Å². The monoisotopic (exact) mass is 425 g/mol. The second kappa shape index (κ2) is 11.5. The maximum absolute atomic E-state index is 12.5. The summed E-state index contributed by atoms with van der Waals surface area (Å²) in [5.41, 5.74) is 2.16. The third-order valence-electron chi connectivity index (χ3n) is 4.89. The molecule has 0 aromatic heterocycles. The van der Waals surface area contributed by atoms with E-state index >= 15 is 0 Å². The highest BCUT2D eigenvalue weighted by Gasteiger charge is 2.19. The lowest BCUT2D eigenvalue weighted by Gasteiger charge is -2.30. The van der Waals surface area contributed by atoms with Gasteiger partial charge in [-0.2, -0.15) is 0 Å². The topological polar surface area (TPSA) is 70.7 Å². The molecular weight excluding hydrogens is 390 g/mol. The molecule has 0 aliphatic carbocycles. The van der Waals surface area contributed by atoms with Crippen LogP contribution in [0.15, 0.2) is 54.6 Å². The molecular formula is C25H35N3O3. The normalized spacial score (nSPS) is 12.3. The molecule has 0 fully saturated rings. The fraction of sp³-hybridized carbons (Fsp3) is 0.440. The Hall–Kier alpha value is -2.86. The molecule has 168 valence electrons. The minimum absolute atomic E-state index is 0.0269. The van der Waals surface area contributed by atoms with Crippen LogP contribution in [0.3, 0.4) is 0 Å². The van der Waals surface area contributed by atoms with Gasteiger partial charge in [0, 0.05) is 12.2 Å². The van der Waals surface area contributed by atoms with Crippen molar-refractivity contribution < 1.29 is 14.3 Å². The zero-order valence-electron chi connectivity index (χ0n) is 19.3. The first-order valence-electron chi connectivity index (χ1n) is 10.9. The first-order chi connectivity index (χ1) is 14.7. The second-order valence-electron chi connectivity index (χ2n) is 8.45. The van der Waals surface area contributed by atoms with Crippen LogP contribution < -0.4 is 10.6 Å². The third-order valence-corrected chi connectivity index (χ3v) is 4.89. The number of hydrogen-bond donors (Lipinski definition) is 2. The molecule has 0 heterocycles. The summed E-state index contributed by atoms with van der Waals surface area (Å²) in [4.78, 5) is 26.7. The molecule has 1 unspecified atom stereocenters. The summed E-state index contributed by atoms with van der Waals surface area (Å²) in [5, 5.41) is 5.78.